The third kappa shape index (κ3) is 5.03. The first-order valence-electron chi connectivity index (χ1n) is 9.32. The summed E-state index contributed by atoms with van der Waals surface area (Å²) in [6.07, 6.45) is 0. The molecule has 0 unspecified atom stereocenters. The number of anilines is 2. The zero-order valence-electron chi connectivity index (χ0n) is 16.9. The summed E-state index contributed by atoms with van der Waals surface area (Å²) in [7, 11) is -2.86. The highest BCUT2D eigenvalue weighted by Gasteiger charge is 2.25. The molecule has 2 aromatic carbocycles. The molecule has 2 N–H and O–H groups in total. The number of aromatic nitrogens is 4. The summed E-state index contributed by atoms with van der Waals surface area (Å²) in [6, 6.07) is 17.1. The van der Waals surface area contributed by atoms with Crippen LogP contribution in [0.4, 0.5) is 20.4 Å². The largest absolute Gasteiger partial charge is 0.746 e. The summed E-state index contributed by atoms with van der Waals surface area (Å²) in [5.74, 6) is -0.899. The summed E-state index contributed by atoms with van der Waals surface area (Å²) in [6.45, 7) is 0. The molecule has 0 fully saturated rings. The van der Waals surface area contributed by atoms with Crippen LogP contribution in [0.5, 0.6) is 0 Å². The number of nitrogens with zero attached hydrogens (tertiary/aromatic N) is 6. The summed E-state index contributed by atoms with van der Waals surface area (Å²) < 4.78 is 51.6. The second kappa shape index (κ2) is 9.85. The van der Waals surface area contributed by atoms with Gasteiger partial charge in [0.15, 0.2) is 23.0 Å². The lowest BCUT2D eigenvalue weighted by Gasteiger charge is -2.06. The molecule has 0 spiro atoms. The average Bonchev–Trinajstić information content (AvgIpc) is 3.45. The molecule has 4 rings (SSSR count). The monoisotopic (exact) mass is 481 g/mol. The van der Waals surface area contributed by atoms with Crippen molar-refractivity contribution in [1.82, 2.24) is 19.6 Å². The molecule has 2 aromatic heterocycles. The molecule has 0 atom stereocenters. The van der Waals surface area contributed by atoms with Crippen LogP contribution in [0.1, 0.15) is 11.4 Å². The third-order valence-corrected chi connectivity index (χ3v) is 4.68. The molecule has 4 aromatic rings. The lowest BCUT2D eigenvalue weighted by molar-refractivity contribution is 0.293. The summed E-state index contributed by atoms with van der Waals surface area (Å²) in [5.41, 5.74) is 5.24. The van der Waals surface area contributed by atoms with Gasteiger partial charge in [0, 0.05) is 25.9 Å². The van der Waals surface area contributed by atoms with Crippen molar-refractivity contribution in [3.63, 3.8) is 0 Å². The summed E-state index contributed by atoms with van der Waals surface area (Å²) in [5, 5.41) is 26.2. The van der Waals surface area contributed by atoms with Gasteiger partial charge in [-0.05, 0) is 36.4 Å². The minimum atomic E-state index is -2.86. The van der Waals surface area contributed by atoms with E-state index in [0.29, 0.717) is 0 Å². The number of nitriles is 2. The van der Waals surface area contributed by atoms with E-state index >= 15 is 0 Å². The summed E-state index contributed by atoms with van der Waals surface area (Å²) in [4.78, 5) is 0. The number of rotatable bonds is 8. The van der Waals surface area contributed by atoms with E-state index in [9.17, 15) is 13.3 Å². The van der Waals surface area contributed by atoms with Crippen LogP contribution >= 0.6 is 8.25 Å². The lowest BCUT2D eigenvalue weighted by atomic mass is 10.3. The Labute approximate surface area is 191 Å². The zero-order chi connectivity index (χ0) is 24.1. The van der Waals surface area contributed by atoms with Gasteiger partial charge in [-0.25, -0.2) is 18.1 Å². The van der Waals surface area contributed by atoms with Crippen LogP contribution in [0.25, 0.3) is 11.4 Å². The first kappa shape index (κ1) is 22.5. The van der Waals surface area contributed by atoms with E-state index in [1.165, 1.54) is 57.9 Å². The Hall–Kier alpha value is -4.68. The molecule has 14 heteroatoms. The number of halogens is 2. The Morgan fingerprint density at radius 3 is 1.62 bits per heavy atom. The first-order valence-corrected chi connectivity index (χ1v) is 10.4. The molecular formula is C20H12F2N8O3P+. The van der Waals surface area contributed by atoms with E-state index < -0.39 is 19.9 Å². The number of benzene rings is 2. The van der Waals surface area contributed by atoms with Crippen LogP contribution < -0.4 is 11.0 Å². The molecule has 0 aliphatic rings. The van der Waals surface area contributed by atoms with Gasteiger partial charge in [0.2, 0.25) is 0 Å². The van der Waals surface area contributed by atoms with Crippen LogP contribution in [-0.4, -0.2) is 19.6 Å². The van der Waals surface area contributed by atoms with Crippen LogP contribution in [0.2, 0.25) is 0 Å². The first-order chi connectivity index (χ1) is 16.5. The predicted molar refractivity (Wildman–Crippen MR) is 113 cm³/mol. The fourth-order valence-electron chi connectivity index (χ4n) is 2.81. The van der Waals surface area contributed by atoms with Gasteiger partial charge in [-0.2, -0.15) is 31.7 Å². The topological polar surface area (TPSA) is 143 Å². The molecule has 0 aliphatic heterocycles. The van der Waals surface area contributed by atoms with Gasteiger partial charge < -0.3 is 0 Å². The standard InChI is InChI=1S/C20H12F2N8O3P/c21-13-3-1-5-17(7-13)29-19(9-15(11-23)25-29)27-32-34(31)33-28-20-10-16(12-24)26-30(20)18-6-2-4-14(22)8-18/h1-10,27-28H/q+1. The van der Waals surface area contributed by atoms with Gasteiger partial charge >= 0.3 is 8.25 Å². The Morgan fingerprint density at radius 2 is 1.24 bits per heavy atom. The van der Waals surface area contributed by atoms with Crippen molar-refractivity contribution in [3.8, 4) is 23.5 Å². The lowest BCUT2D eigenvalue weighted by Crippen LogP contribution is -2.07. The molecule has 0 bridgehead atoms. The highest BCUT2D eigenvalue weighted by Crippen LogP contribution is 2.28. The molecule has 2 heterocycles. The zero-order valence-corrected chi connectivity index (χ0v) is 17.8. The van der Waals surface area contributed by atoms with Crippen molar-refractivity contribution >= 4 is 19.9 Å². The molecule has 168 valence electrons. The van der Waals surface area contributed by atoms with E-state index in [2.05, 4.69) is 21.2 Å². The highest BCUT2D eigenvalue weighted by molar-refractivity contribution is 7.33. The quantitative estimate of drug-likeness (QED) is 0.281. The van der Waals surface area contributed by atoms with Gasteiger partial charge in [-0.1, -0.05) is 12.1 Å². The van der Waals surface area contributed by atoms with Crippen LogP contribution in [0, 0.1) is 34.3 Å². The smallest absolute Gasteiger partial charge is 0.214 e. The molecule has 34 heavy (non-hydrogen) atoms. The van der Waals surface area contributed by atoms with Crippen molar-refractivity contribution in [2.24, 2.45) is 0 Å². The van der Waals surface area contributed by atoms with Crippen LogP contribution in [0.3, 0.4) is 0 Å². The predicted octanol–water partition coefficient (Wildman–Crippen LogP) is 4.12. The minimum absolute atomic E-state index is 0.00680. The molecular weight excluding hydrogens is 469 g/mol. The van der Waals surface area contributed by atoms with Crippen molar-refractivity contribution in [2.45, 2.75) is 0 Å². The van der Waals surface area contributed by atoms with Crippen molar-refractivity contribution in [3.05, 3.63) is 83.7 Å². The van der Waals surface area contributed by atoms with Crippen LogP contribution in [-0.2, 0) is 13.8 Å². The Balaban J connectivity index is 1.46. The molecule has 0 saturated carbocycles. The van der Waals surface area contributed by atoms with E-state index in [0.717, 1.165) is 0 Å². The maximum atomic E-state index is 13.6. The maximum absolute atomic E-state index is 13.6. The Morgan fingerprint density at radius 1 is 0.794 bits per heavy atom. The van der Waals surface area contributed by atoms with E-state index in [1.807, 2.05) is 12.1 Å². The summed E-state index contributed by atoms with van der Waals surface area (Å²) >= 11 is 0. The number of nitrogens with one attached hydrogen (secondary N) is 2. The minimum Gasteiger partial charge on any atom is -0.214 e. The normalized spacial score (nSPS) is 10.4. The average molecular weight is 481 g/mol. The highest BCUT2D eigenvalue weighted by atomic mass is 31.1. The second-order valence-corrected chi connectivity index (χ2v) is 7.26. The van der Waals surface area contributed by atoms with E-state index in [-0.39, 0.29) is 34.4 Å². The molecule has 0 saturated heterocycles. The van der Waals surface area contributed by atoms with Gasteiger partial charge in [0.1, 0.15) is 23.8 Å². The third-order valence-electron chi connectivity index (χ3n) is 4.20. The molecule has 0 radical (unpaired) electrons. The Kier molecular flexibility index (Phi) is 6.52. The van der Waals surface area contributed by atoms with Gasteiger partial charge in [-0.15, -0.1) is 0 Å². The second-order valence-electron chi connectivity index (χ2n) is 6.45. The van der Waals surface area contributed by atoms with Crippen molar-refractivity contribution in [1.29, 1.82) is 10.5 Å². The van der Waals surface area contributed by atoms with Crippen molar-refractivity contribution < 1.29 is 22.6 Å². The number of hydrogen-bond acceptors (Lipinski definition) is 9. The van der Waals surface area contributed by atoms with Gasteiger partial charge in [-0.3, -0.25) is 0 Å². The van der Waals surface area contributed by atoms with Crippen LogP contribution in [0.15, 0.2) is 60.7 Å². The van der Waals surface area contributed by atoms with E-state index in [1.54, 1.807) is 12.1 Å². The molecule has 0 amide bonds. The van der Waals surface area contributed by atoms with E-state index in [4.69, 9.17) is 19.8 Å². The number of hydrogen-bond donors (Lipinski definition) is 2. The molecule has 11 nitrogen and oxygen atoms in total. The fraction of sp³-hybridized carbons (Fsp3) is 0. The molecule has 0 aliphatic carbocycles. The Bertz CT molecular complexity index is 1350. The van der Waals surface area contributed by atoms with Crippen molar-refractivity contribution in [2.75, 3.05) is 11.0 Å². The maximum Gasteiger partial charge on any atom is 0.746 e. The van der Waals surface area contributed by atoms with Gasteiger partial charge in [0.05, 0.1) is 11.4 Å². The van der Waals surface area contributed by atoms with Gasteiger partial charge in [0.25, 0.3) is 0 Å². The fourth-order valence-corrected chi connectivity index (χ4v) is 3.19. The SMILES string of the molecule is N#Cc1cc(NO[P+](=O)ONc2cc(C#N)nn2-c2cccc(F)c2)n(-c2cccc(F)c2)n1.